The SMILES string of the molecule is COC(=O)C(C)CN(CC(=O)NCc1ccccc1)Cc1ccccc1. The van der Waals surface area contributed by atoms with E-state index in [-0.39, 0.29) is 24.3 Å². The molecule has 2 rings (SSSR count). The van der Waals surface area contributed by atoms with Gasteiger partial charge in [0, 0.05) is 19.6 Å². The number of hydrogen-bond donors (Lipinski definition) is 1. The van der Waals surface area contributed by atoms with Gasteiger partial charge in [-0.2, -0.15) is 0 Å². The van der Waals surface area contributed by atoms with Gasteiger partial charge in [0.05, 0.1) is 19.6 Å². The molecule has 0 heterocycles. The van der Waals surface area contributed by atoms with Crippen LogP contribution in [0.5, 0.6) is 0 Å². The Hall–Kier alpha value is -2.66. The summed E-state index contributed by atoms with van der Waals surface area (Å²) in [7, 11) is 1.38. The van der Waals surface area contributed by atoms with Gasteiger partial charge in [-0.25, -0.2) is 0 Å². The number of rotatable bonds is 9. The van der Waals surface area contributed by atoms with E-state index < -0.39 is 0 Å². The van der Waals surface area contributed by atoms with Crippen molar-refractivity contribution in [1.82, 2.24) is 10.2 Å². The summed E-state index contributed by atoms with van der Waals surface area (Å²) in [5.41, 5.74) is 2.15. The highest BCUT2D eigenvalue weighted by molar-refractivity contribution is 5.78. The molecule has 5 heteroatoms. The first-order valence-electron chi connectivity index (χ1n) is 8.73. The minimum Gasteiger partial charge on any atom is -0.469 e. The minimum atomic E-state index is -0.300. The molecule has 2 aromatic carbocycles. The van der Waals surface area contributed by atoms with Crippen LogP contribution in [0.1, 0.15) is 18.1 Å². The highest BCUT2D eigenvalue weighted by Gasteiger charge is 2.19. The van der Waals surface area contributed by atoms with E-state index >= 15 is 0 Å². The number of methoxy groups -OCH3 is 1. The molecular weight excluding hydrogens is 328 g/mol. The van der Waals surface area contributed by atoms with E-state index in [9.17, 15) is 9.59 Å². The van der Waals surface area contributed by atoms with Crippen LogP contribution in [0.3, 0.4) is 0 Å². The first-order valence-corrected chi connectivity index (χ1v) is 8.73. The van der Waals surface area contributed by atoms with Gasteiger partial charge >= 0.3 is 5.97 Å². The second-order valence-electron chi connectivity index (χ2n) is 6.34. The molecule has 0 saturated heterocycles. The smallest absolute Gasteiger partial charge is 0.309 e. The molecule has 1 amide bonds. The molecule has 0 aliphatic rings. The first kappa shape index (κ1) is 19.7. The van der Waals surface area contributed by atoms with Crippen LogP contribution in [0.2, 0.25) is 0 Å². The molecule has 1 N–H and O–H groups in total. The molecule has 0 aromatic heterocycles. The summed E-state index contributed by atoms with van der Waals surface area (Å²) in [5, 5.41) is 2.93. The lowest BCUT2D eigenvalue weighted by Gasteiger charge is -2.24. The fourth-order valence-electron chi connectivity index (χ4n) is 2.75. The highest BCUT2D eigenvalue weighted by Crippen LogP contribution is 2.09. The molecule has 5 nitrogen and oxygen atoms in total. The van der Waals surface area contributed by atoms with Crippen molar-refractivity contribution in [1.29, 1.82) is 0 Å². The third-order valence-corrected chi connectivity index (χ3v) is 4.08. The molecule has 138 valence electrons. The molecular formula is C21H26N2O3. The van der Waals surface area contributed by atoms with Crippen molar-refractivity contribution in [2.45, 2.75) is 20.0 Å². The summed E-state index contributed by atoms with van der Waals surface area (Å²) < 4.78 is 4.81. The second kappa shape index (κ2) is 10.4. The van der Waals surface area contributed by atoms with Gasteiger partial charge in [-0.3, -0.25) is 14.5 Å². The maximum atomic E-state index is 12.4. The van der Waals surface area contributed by atoms with Gasteiger partial charge in [0.15, 0.2) is 0 Å². The summed E-state index contributed by atoms with van der Waals surface area (Å²) in [6.45, 7) is 3.58. The molecule has 0 saturated carbocycles. The van der Waals surface area contributed by atoms with Crippen LogP contribution >= 0.6 is 0 Å². The van der Waals surface area contributed by atoms with E-state index in [1.165, 1.54) is 7.11 Å². The summed E-state index contributed by atoms with van der Waals surface area (Å²) in [4.78, 5) is 26.1. The van der Waals surface area contributed by atoms with Crippen molar-refractivity contribution in [3.05, 3.63) is 71.8 Å². The van der Waals surface area contributed by atoms with Crippen molar-refractivity contribution in [2.75, 3.05) is 20.2 Å². The van der Waals surface area contributed by atoms with E-state index in [0.29, 0.717) is 19.6 Å². The Morgan fingerprint density at radius 3 is 2.15 bits per heavy atom. The van der Waals surface area contributed by atoms with Gasteiger partial charge in [0.1, 0.15) is 0 Å². The van der Waals surface area contributed by atoms with Crippen molar-refractivity contribution in [3.63, 3.8) is 0 Å². The fraction of sp³-hybridized carbons (Fsp3) is 0.333. The number of esters is 1. The van der Waals surface area contributed by atoms with Crippen LogP contribution in [0.4, 0.5) is 0 Å². The van der Waals surface area contributed by atoms with Crippen molar-refractivity contribution >= 4 is 11.9 Å². The molecule has 0 aliphatic heterocycles. The molecule has 1 atom stereocenters. The number of ether oxygens (including phenoxy) is 1. The van der Waals surface area contributed by atoms with Gasteiger partial charge in [-0.1, -0.05) is 67.6 Å². The number of carbonyl (C=O) groups is 2. The van der Waals surface area contributed by atoms with Gasteiger partial charge in [0.2, 0.25) is 5.91 Å². The summed E-state index contributed by atoms with van der Waals surface area (Å²) in [6, 6.07) is 19.7. The molecule has 26 heavy (non-hydrogen) atoms. The third-order valence-electron chi connectivity index (χ3n) is 4.08. The van der Waals surface area contributed by atoms with E-state index in [1.807, 2.05) is 72.5 Å². The maximum absolute atomic E-state index is 12.4. The largest absolute Gasteiger partial charge is 0.469 e. The average molecular weight is 354 g/mol. The Morgan fingerprint density at radius 2 is 1.58 bits per heavy atom. The van der Waals surface area contributed by atoms with Crippen LogP contribution in [0.15, 0.2) is 60.7 Å². The van der Waals surface area contributed by atoms with Gasteiger partial charge in [-0.15, -0.1) is 0 Å². The van der Waals surface area contributed by atoms with E-state index in [1.54, 1.807) is 0 Å². The number of amides is 1. The Kier molecular flexibility index (Phi) is 7.83. The second-order valence-corrected chi connectivity index (χ2v) is 6.34. The quantitative estimate of drug-likeness (QED) is 0.703. The van der Waals surface area contributed by atoms with E-state index in [4.69, 9.17) is 4.74 Å². The zero-order valence-corrected chi connectivity index (χ0v) is 15.4. The van der Waals surface area contributed by atoms with Crippen LogP contribution in [0.25, 0.3) is 0 Å². The Morgan fingerprint density at radius 1 is 1.00 bits per heavy atom. The Balaban J connectivity index is 1.95. The predicted molar refractivity (Wildman–Crippen MR) is 101 cm³/mol. The van der Waals surface area contributed by atoms with Crippen molar-refractivity contribution < 1.29 is 14.3 Å². The number of nitrogens with one attached hydrogen (secondary N) is 1. The molecule has 0 radical (unpaired) electrons. The summed E-state index contributed by atoms with van der Waals surface area (Å²) >= 11 is 0. The summed E-state index contributed by atoms with van der Waals surface area (Å²) in [6.07, 6.45) is 0. The lowest BCUT2D eigenvalue weighted by molar-refractivity contribution is -0.145. The van der Waals surface area contributed by atoms with Crippen LogP contribution in [0, 0.1) is 5.92 Å². The first-order chi connectivity index (χ1) is 12.6. The Bertz CT molecular complexity index is 689. The highest BCUT2D eigenvalue weighted by atomic mass is 16.5. The molecule has 0 aliphatic carbocycles. The van der Waals surface area contributed by atoms with Crippen LogP contribution in [-0.4, -0.2) is 37.0 Å². The van der Waals surface area contributed by atoms with Crippen LogP contribution < -0.4 is 5.32 Å². The van der Waals surface area contributed by atoms with E-state index in [0.717, 1.165) is 11.1 Å². The lowest BCUT2D eigenvalue weighted by atomic mass is 10.1. The average Bonchev–Trinajstić information content (AvgIpc) is 2.67. The number of benzene rings is 2. The zero-order valence-electron chi connectivity index (χ0n) is 15.4. The molecule has 1 unspecified atom stereocenters. The van der Waals surface area contributed by atoms with Crippen molar-refractivity contribution in [3.8, 4) is 0 Å². The van der Waals surface area contributed by atoms with Crippen molar-refractivity contribution in [2.24, 2.45) is 5.92 Å². The standard InChI is InChI=1S/C21H26N2O3/c1-17(21(25)26-2)14-23(15-19-11-7-4-8-12-19)16-20(24)22-13-18-9-5-3-6-10-18/h3-12,17H,13-16H2,1-2H3,(H,22,24). The summed E-state index contributed by atoms with van der Waals surface area (Å²) in [5.74, 6) is -0.639. The normalized spacial score (nSPS) is 11.8. The number of nitrogens with zero attached hydrogens (tertiary/aromatic N) is 1. The molecule has 0 bridgehead atoms. The van der Waals surface area contributed by atoms with Gasteiger partial charge in [-0.05, 0) is 11.1 Å². The topological polar surface area (TPSA) is 58.6 Å². The minimum absolute atomic E-state index is 0.0677. The van der Waals surface area contributed by atoms with Gasteiger partial charge in [0.25, 0.3) is 0 Å². The third kappa shape index (κ3) is 6.69. The fourth-order valence-corrected chi connectivity index (χ4v) is 2.75. The molecule has 0 fully saturated rings. The maximum Gasteiger partial charge on any atom is 0.309 e. The number of carbonyl (C=O) groups excluding carboxylic acids is 2. The zero-order chi connectivity index (χ0) is 18.8. The number of hydrogen-bond acceptors (Lipinski definition) is 4. The Labute approximate surface area is 155 Å². The monoisotopic (exact) mass is 354 g/mol. The van der Waals surface area contributed by atoms with Gasteiger partial charge < -0.3 is 10.1 Å². The molecule has 2 aromatic rings. The van der Waals surface area contributed by atoms with Crippen LogP contribution in [-0.2, 0) is 27.4 Å². The predicted octanol–water partition coefficient (Wildman–Crippen LogP) is 2.61. The van der Waals surface area contributed by atoms with E-state index in [2.05, 4.69) is 5.32 Å². The lowest BCUT2D eigenvalue weighted by Crippen LogP contribution is -2.40. The molecule has 0 spiro atoms.